The molecule has 1 fully saturated rings. The smallest absolute Gasteiger partial charge is 0.480 e. The molecular weight excluding hydrogens is 643 g/mol. The van der Waals surface area contributed by atoms with Crippen LogP contribution in [0.5, 0.6) is 0 Å². The number of sulfonamides is 3. The summed E-state index contributed by atoms with van der Waals surface area (Å²) in [5, 5.41) is 4.86. The Morgan fingerprint density at radius 3 is 1.73 bits per heavy atom. The summed E-state index contributed by atoms with van der Waals surface area (Å²) in [7, 11) is -22.4. The molecule has 0 aliphatic carbocycles. The topological polar surface area (TPSA) is 177 Å². The number of carbonyl (C=O) groups excluding carboxylic acids is 1. The maximum Gasteiger partial charge on any atom is 0.480 e. The fourth-order valence-electron chi connectivity index (χ4n) is 3.06. The van der Waals surface area contributed by atoms with Gasteiger partial charge in [-0.3, -0.25) is 4.79 Å². The van der Waals surface area contributed by atoms with E-state index in [9.17, 15) is 79.8 Å². The summed E-state index contributed by atoms with van der Waals surface area (Å²) < 4.78 is 191. The monoisotopic (exact) mass is 665 g/mol. The van der Waals surface area contributed by atoms with Crippen LogP contribution in [0.25, 0.3) is 4.13 Å². The lowest BCUT2D eigenvalue weighted by molar-refractivity contribution is -0.244. The Labute approximate surface area is 222 Å². The van der Waals surface area contributed by atoms with Gasteiger partial charge in [0, 0.05) is 30.5 Å². The molecule has 0 amide bonds. The van der Waals surface area contributed by atoms with E-state index in [-0.39, 0.29) is 6.42 Å². The van der Waals surface area contributed by atoms with E-state index < -0.39 is 112 Å². The second-order valence-corrected chi connectivity index (χ2v) is 14.2. The molecule has 23 heteroatoms. The lowest BCUT2D eigenvalue weighted by atomic mass is 9.84. The Morgan fingerprint density at radius 1 is 0.900 bits per heavy atom. The highest BCUT2D eigenvalue weighted by Crippen LogP contribution is 2.53. The SMILES string of the molecule is CCC(C)(CO)C(O)=CC(=O)C1CCN(S(=O)(=O)C(F)(F)C(F)(F)C(F)(F)S(=O)(=O)[N-]S(=O)(=O)C(F)(F)F)CC1. The van der Waals surface area contributed by atoms with Crippen LogP contribution < -0.4 is 0 Å². The van der Waals surface area contributed by atoms with Crippen LogP contribution >= 0.6 is 0 Å². The van der Waals surface area contributed by atoms with Gasteiger partial charge in [0.2, 0.25) is 0 Å². The van der Waals surface area contributed by atoms with E-state index in [2.05, 4.69) is 0 Å². The number of hydrogen-bond acceptors (Lipinski definition) is 9. The Kier molecular flexibility index (Phi) is 10.2. The van der Waals surface area contributed by atoms with E-state index in [0.29, 0.717) is 10.2 Å². The second-order valence-electron chi connectivity index (χ2n) is 8.76. The largest absolute Gasteiger partial charge is 0.512 e. The Bertz CT molecular complexity index is 1320. The molecule has 40 heavy (non-hydrogen) atoms. The molecule has 0 aromatic rings. The van der Waals surface area contributed by atoms with Crippen LogP contribution in [0.3, 0.4) is 0 Å². The van der Waals surface area contributed by atoms with Crippen molar-refractivity contribution in [3.8, 4) is 0 Å². The molecular formula is C17H22F9N2O9S3-. The summed E-state index contributed by atoms with van der Waals surface area (Å²) in [4.78, 5) is 12.4. The number of carbonyl (C=O) groups is 1. The van der Waals surface area contributed by atoms with Gasteiger partial charge >= 0.3 is 21.9 Å². The van der Waals surface area contributed by atoms with Crippen molar-refractivity contribution < 1.29 is 79.8 Å². The number of ketones is 1. The van der Waals surface area contributed by atoms with Gasteiger partial charge in [-0.05, 0) is 19.3 Å². The van der Waals surface area contributed by atoms with Crippen molar-refractivity contribution in [2.75, 3.05) is 19.7 Å². The van der Waals surface area contributed by atoms with E-state index in [4.69, 9.17) is 0 Å². The van der Waals surface area contributed by atoms with E-state index in [1.807, 2.05) is 0 Å². The summed E-state index contributed by atoms with van der Waals surface area (Å²) in [5.41, 5.74) is -7.99. The van der Waals surface area contributed by atoms with Crippen LogP contribution in [-0.2, 0) is 34.9 Å². The van der Waals surface area contributed by atoms with E-state index >= 15 is 0 Å². The highest BCUT2D eigenvalue weighted by molar-refractivity contribution is 8.13. The van der Waals surface area contributed by atoms with Gasteiger partial charge in [-0.1, -0.05) is 13.8 Å². The molecule has 0 radical (unpaired) electrons. The van der Waals surface area contributed by atoms with Crippen LogP contribution in [0.1, 0.15) is 33.1 Å². The third kappa shape index (κ3) is 6.22. The zero-order chi connectivity index (χ0) is 32.0. The number of alkyl halides is 9. The van der Waals surface area contributed by atoms with Crippen molar-refractivity contribution in [1.29, 1.82) is 0 Å². The van der Waals surface area contributed by atoms with Gasteiger partial charge in [-0.15, -0.1) is 0 Å². The summed E-state index contributed by atoms with van der Waals surface area (Å²) in [5.74, 6) is -10.3. The molecule has 1 aliphatic heterocycles. The lowest BCUT2D eigenvalue weighted by Crippen LogP contribution is -2.63. The molecule has 2 N–H and O–H groups in total. The molecule has 236 valence electrons. The van der Waals surface area contributed by atoms with Gasteiger partial charge in [0.15, 0.2) is 25.8 Å². The van der Waals surface area contributed by atoms with Gasteiger partial charge in [0.1, 0.15) is 5.76 Å². The quantitative estimate of drug-likeness (QED) is 0.180. The first-order chi connectivity index (χ1) is 17.6. The van der Waals surface area contributed by atoms with Gasteiger partial charge in [0.25, 0.3) is 10.0 Å². The molecule has 1 atom stereocenters. The molecule has 1 aliphatic rings. The van der Waals surface area contributed by atoms with Crippen LogP contribution in [0.4, 0.5) is 39.5 Å². The highest BCUT2D eigenvalue weighted by Gasteiger charge is 2.81. The Balaban J connectivity index is 3.27. The zero-order valence-electron chi connectivity index (χ0n) is 20.2. The number of halogens is 9. The molecule has 11 nitrogen and oxygen atoms in total. The lowest BCUT2D eigenvalue weighted by Gasteiger charge is -2.38. The number of aliphatic hydroxyl groups is 2. The Hall–Kier alpha value is -1.69. The first-order valence-electron chi connectivity index (χ1n) is 10.6. The first kappa shape index (κ1) is 36.3. The summed E-state index contributed by atoms with van der Waals surface area (Å²) in [6, 6.07) is 0. The number of nitrogens with zero attached hydrogens (tertiary/aromatic N) is 2. The minimum atomic E-state index is -8.00. The molecule has 0 aromatic heterocycles. The van der Waals surface area contributed by atoms with Crippen molar-refractivity contribution in [3.05, 3.63) is 16.0 Å². The number of piperidine rings is 1. The van der Waals surface area contributed by atoms with Crippen LogP contribution in [0.2, 0.25) is 0 Å². The van der Waals surface area contributed by atoms with Crippen LogP contribution in [0, 0.1) is 11.3 Å². The molecule has 1 saturated heterocycles. The number of allylic oxidation sites excluding steroid dienone is 1. The number of rotatable bonds is 12. The van der Waals surface area contributed by atoms with E-state index in [0.717, 1.165) is 0 Å². The minimum Gasteiger partial charge on any atom is -0.512 e. The van der Waals surface area contributed by atoms with Crippen LogP contribution in [0.15, 0.2) is 11.8 Å². The molecule has 1 unspecified atom stereocenters. The fourth-order valence-corrected chi connectivity index (χ4v) is 6.79. The first-order valence-corrected chi connectivity index (χ1v) is 14.9. The van der Waals surface area contributed by atoms with E-state index in [1.54, 1.807) is 6.92 Å². The highest BCUT2D eigenvalue weighted by atomic mass is 32.3. The van der Waals surface area contributed by atoms with Gasteiger partial charge < -0.3 is 14.3 Å². The van der Waals surface area contributed by atoms with Crippen molar-refractivity contribution in [2.45, 2.75) is 55.0 Å². The molecule has 0 bridgehead atoms. The molecule has 0 aromatic carbocycles. The Morgan fingerprint density at radius 2 is 1.35 bits per heavy atom. The normalized spacial score (nSPS) is 19.9. The molecule has 1 heterocycles. The maximum atomic E-state index is 14.4. The summed E-state index contributed by atoms with van der Waals surface area (Å²) >= 11 is 0. The van der Waals surface area contributed by atoms with Crippen molar-refractivity contribution >= 4 is 35.9 Å². The summed E-state index contributed by atoms with van der Waals surface area (Å²) in [6.45, 7) is -0.0905. The third-order valence-corrected chi connectivity index (χ3v) is 11.1. The summed E-state index contributed by atoms with van der Waals surface area (Å²) in [6.07, 6.45) is -0.575. The fraction of sp³-hybridized carbons (Fsp3) is 0.824. The predicted octanol–water partition coefficient (Wildman–Crippen LogP) is 2.82. The number of aliphatic hydroxyl groups excluding tert-OH is 2. The average Bonchev–Trinajstić information content (AvgIpc) is 2.81. The molecule has 1 rings (SSSR count). The third-order valence-electron chi connectivity index (χ3n) is 6.09. The molecule has 0 spiro atoms. The average molecular weight is 666 g/mol. The van der Waals surface area contributed by atoms with Crippen molar-refractivity contribution in [2.24, 2.45) is 11.3 Å². The van der Waals surface area contributed by atoms with Crippen LogP contribution in [-0.4, -0.2) is 87.2 Å². The van der Waals surface area contributed by atoms with Gasteiger partial charge in [-0.25, -0.2) is 25.3 Å². The van der Waals surface area contributed by atoms with E-state index in [1.165, 1.54) is 6.92 Å². The standard InChI is InChI=1S/C17H22F9N2O9S3/c1-3-13(2,9-29)12(31)8-11(30)10-4-6-28(7-5-10)40(36,37)16(22,23)14(18,19)15(20,21)38(32,33)27-39(34,35)17(24,25)26/h8,10,29H,3-7,9H2,1-2H3,(H,30,31)/q-1. The number of hydrogen-bond donors (Lipinski definition) is 2. The van der Waals surface area contributed by atoms with Crippen molar-refractivity contribution in [3.63, 3.8) is 0 Å². The van der Waals surface area contributed by atoms with Gasteiger partial charge in [0.05, 0.1) is 6.61 Å². The predicted molar refractivity (Wildman–Crippen MR) is 117 cm³/mol. The van der Waals surface area contributed by atoms with Crippen molar-refractivity contribution in [1.82, 2.24) is 4.31 Å². The van der Waals surface area contributed by atoms with Gasteiger partial charge in [-0.2, -0.15) is 43.8 Å². The molecule has 0 saturated carbocycles. The minimum absolute atomic E-state index is 0.148. The zero-order valence-corrected chi connectivity index (χ0v) is 22.6. The second kappa shape index (κ2) is 11.2. The maximum absolute atomic E-state index is 14.4.